The molecule has 0 fully saturated rings. The number of rotatable bonds is 1. The molecule has 0 saturated carbocycles. The Morgan fingerprint density at radius 2 is 1.12 bits per heavy atom. The molecule has 0 aliphatic rings. The molecule has 2 N–H and O–H groups in total. The Bertz CT molecular complexity index is 80.0. The van der Waals surface area contributed by atoms with E-state index in [1.807, 2.05) is 0 Å². The second kappa shape index (κ2) is 8.44. The van der Waals surface area contributed by atoms with Crippen LogP contribution >= 0.6 is 0 Å². The summed E-state index contributed by atoms with van der Waals surface area (Å²) < 4.78 is 33.6. The van der Waals surface area contributed by atoms with Gasteiger partial charge in [0.15, 0.2) is 0 Å². The van der Waals surface area contributed by atoms with Gasteiger partial charge in [-0.2, -0.15) is 0 Å². The fourth-order valence-electron chi connectivity index (χ4n) is 0. The van der Waals surface area contributed by atoms with E-state index in [1.165, 1.54) is 0 Å². The molecule has 8 heteroatoms. The van der Waals surface area contributed by atoms with Crippen LogP contribution in [0.15, 0.2) is 0 Å². The Labute approximate surface area is 77.7 Å². The van der Waals surface area contributed by atoms with Crippen LogP contribution in [0.25, 0.3) is 0 Å². The van der Waals surface area contributed by atoms with Crippen molar-refractivity contribution in [3.8, 4) is 0 Å². The van der Waals surface area contributed by atoms with Crippen molar-refractivity contribution in [3.63, 3.8) is 0 Å². The van der Waals surface area contributed by atoms with E-state index in [0.717, 1.165) is 0 Å². The normalized spacial score (nSPS) is 14.8. The van der Waals surface area contributed by atoms with Crippen LogP contribution in [-0.4, -0.2) is 58.0 Å². The third-order valence-electron chi connectivity index (χ3n) is 0.122. The van der Waals surface area contributed by atoms with E-state index in [9.17, 15) is 8.42 Å². The Hall–Kier alpha value is 1.44. The van der Waals surface area contributed by atoms with Crippen LogP contribution in [0.3, 0.4) is 0 Å². The molecule has 8 heavy (non-hydrogen) atoms. The SMILES string of the molecule is O=S(O)S(=O)O.[NaH].[SiH4]. The van der Waals surface area contributed by atoms with Crippen molar-refractivity contribution in [3.05, 3.63) is 0 Å². The fraction of sp³-hybridized carbons (Fsp3) is 0. The fourth-order valence-corrected chi connectivity index (χ4v) is 0. The molecule has 0 amide bonds. The summed E-state index contributed by atoms with van der Waals surface area (Å²) in [6.07, 6.45) is 0. The van der Waals surface area contributed by atoms with E-state index in [2.05, 4.69) is 0 Å². The minimum atomic E-state index is -2.59. The first-order chi connectivity index (χ1) is 2.64. The molecule has 0 spiro atoms. The molecular formula is H7NaO4S2Si. The van der Waals surface area contributed by atoms with E-state index in [1.54, 1.807) is 0 Å². The third kappa shape index (κ3) is 10.4. The third-order valence-corrected chi connectivity index (χ3v) is 1.10. The zero-order valence-corrected chi connectivity index (χ0v) is 4.16. The van der Waals surface area contributed by atoms with Crippen LogP contribution in [0.1, 0.15) is 0 Å². The molecule has 2 unspecified atom stereocenters. The Balaban J connectivity index is -0.000000125. The molecule has 0 aliphatic carbocycles. The van der Waals surface area contributed by atoms with Crippen molar-refractivity contribution in [1.29, 1.82) is 0 Å². The molecule has 4 nitrogen and oxygen atoms in total. The zero-order valence-electron chi connectivity index (χ0n) is 2.53. The van der Waals surface area contributed by atoms with Gasteiger partial charge in [0, 0.05) is 0 Å². The van der Waals surface area contributed by atoms with Gasteiger partial charge < -0.3 is 0 Å². The van der Waals surface area contributed by atoms with Crippen molar-refractivity contribution in [1.82, 2.24) is 0 Å². The van der Waals surface area contributed by atoms with Gasteiger partial charge in [-0.3, -0.25) is 9.11 Å². The molecule has 0 aromatic carbocycles. The van der Waals surface area contributed by atoms with Crippen LogP contribution in [-0.2, 0) is 20.2 Å². The average molecular weight is 186 g/mol. The quantitative estimate of drug-likeness (QED) is 0.264. The molecule has 2 atom stereocenters. The van der Waals surface area contributed by atoms with Gasteiger partial charge in [0.05, 0.1) is 0 Å². The second-order valence-corrected chi connectivity index (χ2v) is 3.01. The topological polar surface area (TPSA) is 74.6 Å². The van der Waals surface area contributed by atoms with Gasteiger partial charge in [0.25, 0.3) is 20.2 Å². The second-order valence-electron chi connectivity index (χ2n) is 0.434. The molecule has 0 aromatic rings. The zero-order chi connectivity index (χ0) is 5.15. The summed E-state index contributed by atoms with van der Waals surface area (Å²) in [6.45, 7) is 0. The standard InChI is InChI=1S/Na.H2O4S2.H4Si.H/c;1-5(2)6(3)4;;/h;(H,1,2)(H,3,4);1H4;. The van der Waals surface area contributed by atoms with Crippen molar-refractivity contribution in [2.75, 3.05) is 0 Å². The molecule has 0 heterocycles. The summed E-state index contributed by atoms with van der Waals surface area (Å²) in [5.74, 6) is 0. The van der Waals surface area contributed by atoms with Crippen LogP contribution in [0, 0.1) is 0 Å². The van der Waals surface area contributed by atoms with Gasteiger partial charge in [-0.05, 0) is 11.0 Å². The summed E-state index contributed by atoms with van der Waals surface area (Å²) in [7, 11) is -5.18. The van der Waals surface area contributed by atoms with Crippen LogP contribution < -0.4 is 0 Å². The van der Waals surface area contributed by atoms with Gasteiger partial charge >= 0.3 is 29.6 Å². The van der Waals surface area contributed by atoms with Gasteiger partial charge in [-0.15, -0.1) is 0 Å². The van der Waals surface area contributed by atoms with Gasteiger partial charge in [-0.25, -0.2) is 8.42 Å². The molecule has 0 rings (SSSR count). The first-order valence-corrected chi connectivity index (χ1v) is 3.60. The van der Waals surface area contributed by atoms with Gasteiger partial charge in [-0.1, -0.05) is 0 Å². The molecule has 0 bridgehead atoms. The number of hydrogen-bond acceptors (Lipinski definition) is 2. The van der Waals surface area contributed by atoms with E-state index in [-0.39, 0.29) is 40.5 Å². The smallest absolute Gasteiger partial charge is 0.0149 e. The van der Waals surface area contributed by atoms with Gasteiger partial charge in [0.2, 0.25) is 0 Å². The van der Waals surface area contributed by atoms with Crippen molar-refractivity contribution >= 4 is 60.7 Å². The predicted octanol–water partition coefficient (Wildman–Crippen LogP) is -2.76. The summed E-state index contributed by atoms with van der Waals surface area (Å²) in [5, 5.41) is 0. The summed E-state index contributed by atoms with van der Waals surface area (Å²) >= 11 is 0. The maximum Gasteiger partial charge on any atom is -0.0149 e. The van der Waals surface area contributed by atoms with Crippen molar-refractivity contribution in [2.45, 2.75) is 0 Å². The van der Waals surface area contributed by atoms with Crippen LogP contribution in [0.4, 0.5) is 0 Å². The molecule has 48 valence electrons. The molecule has 0 aromatic heterocycles. The summed E-state index contributed by atoms with van der Waals surface area (Å²) in [6, 6.07) is 0. The maximum absolute atomic E-state index is 9.26. The Kier molecular flexibility index (Phi) is 17.1. The summed E-state index contributed by atoms with van der Waals surface area (Å²) in [5.41, 5.74) is 0. The van der Waals surface area contributed by atoms with Gasteiger partial charge in [0.1, 0.15) is 0 Å². The molecule has 0 saturated heterocycles. The predicted molar refractivity (Wildman–Crippen MR) is 40.0 cm³/mol. The summed E-state index contributed by atoms with van der Waals surface area (Å²) in [4.78, 5) is 0. The molecular weight excluding hydrogens is 179 g/mol. The largest absolute Gasteiger partial charge is 0.0149 e. The minimum absolute atomic E-state index is 0. The monoisotopic (exact) mass is 186 g/mol. The Morgan fingerprint density at radius 3 is 1.12 bits per heavy atom. The van der Waals surface area contributed by atoms with Crippen LogP contribution in [0.5, 0.6) is 0 Å². The number of hydrogen-bond donors (Lipinski definition) is 2. The maximum atomic E-state index is 9.26. The van der Waals surface area contributed by atoms with E-state index < -0.39 is 20.2 Å². The van der Waals surface area contributed by atoms with Crippen molar-refractivity contribution in [2.24, 2.45) is 0 Å². The first-order valence-electron chi connectivity index (χ1n) is 0.865. The van der Waals surface area contributed by atoms with E-state index >= 15 is 0 Å². The molecule has 0 radical (unpaired) electrons. The van der Waals surface area contributed by atoms with E-state index in [4.69, 9.17) is 9.11 Å². The van der Waals surface area contributed by atoms with Crippen LogP contribution in [0.2, 0.25) is 0 Å². The first kappa shape index (κ1) is 16.2. The van der Waals surface area contributed by atoms with Crippen molar-refractivity contribution < 1.29 is 17.5 Å². The minimum Gasteiger partial charge on any atom is -0.0149 e. The average Bonchev–Trinajstić information content (AvgIpc) is 1.36. The van der Waals surface area contributed by atoms with E-state index in [0.29, 0.717) is 0 Å². The Morgan fingerprint density at radius 1 is 1.00 bits per heavy atom. The molecule has 0 aliphatic heterocycles.